The summed E-state index contributed by atoms with van der Waals surface area (Å²) in [5, 5.41) is 3.54. The van der Waals surface area contributed by atoms with Gasteiger partial charge in [0.15, 0.2) is 0 Å². The zero-order chi connectivity index (χ0) is 13.8. The van der Waals surface area contributed by atoms with Crippen molar-refractivity contribution in [3.8, 4) is 0 Å². The summed E-state index contributed by atoms with van der Waals surface area (Å²) in [7, 11) is 0. The molecule has 0 aromatic carbocycles. The Balaban J connectivity index is 2.19. The lowest BCUT2D eigenvalue weighted by molar-refractivity contribution is -0.148. The molecule has 1 aliphatic heterocycles. The smallest absolute Gasteiger partial charge is 0.229 e. The number of halogens is 1. The summed E-state index contributed by atoms with van der Waals surface area (Å²) in [6.07, 6.45) is 1.46. The van der Waals surface area contributed by atoms with Crippen molar-refractivity contribution >= 4 is 29.2 Å². The minimum absolute atomic E-state index is 0.149. The maximum absolute atomic E-state index is 11.7. The highest BCUT2D eigenvalue weighted by Gasteiger charge is 2.26. The maximum atomic E-state index is 11.7. The Morgan fingerprint density at radius 2 is 2.00 bits per heavy atom. The van der Waals surface area contributed by atoms with Gasteiger partial charge in [-0.1, -0.05) is 11.6 Å². The first-order valence-corrected chi connectivity index (χ1v) is 6.72. The van der Waals surface area contributed by atoms with Crippen LogP contribution in [0.4, 0.5) is 5.82 Å². The Kier molecular flexibility index (Phi) is 4.37. The molecule has 6 heteroatoms. The van der Waals surface area contributed by atoms with E-state index in [2.05, 4.69) is 10.3 Å². The predicted octanol–water partition coefficient (Wildman–Crippen LogP) is 2.21. The van der Waals surface area contributed by atoms with E-state index in [-0.39, 0.29) is 18.4 Å². The molecule has 102 valence electrons. The van der Waals surface area contributed by atoms with Gasteiger partial charge in [0.25, 0.3) is 0 Å². The van der Waals surface area contributed by atoms with Crippen molar-refractivity contribution in [3.63, 3.8) is 0 Å². The summed E-state index contributed by atoms with van der Waals surface area (Å²) >= 11 is 6.07. The van der Waals surface area contributed by atoms with E-state index in [0.29, 0.717) is 35.8 Å². The first kappa shape index (κ1) is 13.8. The van der Waals surface area contributed by atoms with Crippen LogP contribution in [0.3, 0.4) is 0 Å². The summed E-state index contributed by atoms with van der Waals surface area (Å²) in [6.45, 7) is 2.86. The van der Waals surface area contributed by atoms with Crippen molar-refractivity contribution < 1.29 is 9.59 Å². The third kappa shape index (κ3) is 3.23. The molecule has 1 saturated heterocycles. The van der Waals surface area contributed by atoms with Gasteiger partial charge in [-0.15, -0.1) is 0 Å². The number of pyridine rings is 1. The Morgan fingerprint density at radius 1 is 1.32 bits per heavy atom. The molecule has 0 aliphatic carbocycles. The second-order valence-corrected chi connectivity index (χ2v) is 4.79. The van der Waals surface area contributed by atoms with Gasteiger partial charge in [0.1, 0.15) is 5.82 Å². The number of carbonyl (C=O) groups is 2. The van der Waals surface area contributed by atoms with E-state index >= 15 is 0 Å². The number of aromatic nitrogens is 1. The van der Waals surface area contributed by atoms with Crippen LogP contribution in [0.5, 0.6) is 0 Å². The number of carbonyl (C=O) groups excluding carboxylic acids is 2. The van der Waals surface area contributed by atoms with Gasteiger partial charge in [-0.3, -0.25) is 14.5 Å². The molecule has 5 nitrogen and oxygen atoms in total. The lowest BCUT2D eigenvalue weighted by Gasteiger charge is -2.24. The molecule has 2 amide bonds. The topological polar surface area (TPSA) is 62.3 Å². The van der Waals surface area contributed by atoms with Crippen molar-refractivity contribution in [1.29, 1.82) is 0 Å². The number of amides is 2. The third-order valence-electron chi connectivity index (χ3n) is 2.97. The lowest BCUT2D eigenvalue weighted by atomic mass is 10.1. The van der Waals surface area contributed by atoms with Gasteiger partial charge in [0.05, 0.1) is 17.3 Å². The SMILES string of the molecule is CCNc1ccc(Cl)c(CN2C(=O)CCCC2=O)n1. The number of piperidine rings is 1. The van der Waals surface area contributed by atoms with Crippen molar-refractivity contribution in [2.45, 2.75) is 32.7 Å². The van der Waals surface area contributed by atoms with Gasteiger partial charge in [0, 0.05) is 19.4 Å². The molecule has 2 rings (SSSR count). The van der Waals surface area contributed by atoms with Gasteiger partial charge >= 0.3 is 0 Å². The number of nitrogens with one attached hydrogen (secondary N) is 1. The fraction of sp³-hybridized carbons (Fsp3) is 0.462. The fourth-order valence-corrected chi connectivity index (χ4v) is 2.17. The number of rotatable bonds is 4. The number of nitrogens with zero attached hydrogens (tertiary/aromatic N) is 2. The van der Waals surface area contributed by atoms with Crippen LogP contribution in [0.1, 0.15) is 31.9 Å². The third-order valence-corrected chi connectivity index (χ3v) is 3.31. The molecule has 19 heavy (non-hydrogen) atoms. The summed E-state index contributed by atoms with van der Waals surface area (Å²) in [4.78, 5) is 29.1. The molecule has 2 heterocycles. The average Bonchev–Trinajstić information content (AvgIpc) is 2.38. The van der Waals surface area contributed by atoms with Gasteiger partial charge in [-0.05, 0) is 25.5 Å². The van der Waals surface area contributed by atoms with Crippen molar-refractivity contribution in [2.75, 3.05) is 11.9 Å². The van der Waals surface area contributed by atoms with E-state index in [1.165, 1.54) is 4.90 Å². The summed E-state index contributed by atoms with van der Waals surface area (Å²) < 4.78 is 0. The Morgan fingerprint density at radius 3 is 2.63 bits per heavy atom. The first-order valence-electron chi connectivity index (χ1n) is 6.34. The number of imide groups is 1. The summed E-state index contributed by atoms with van der Waals surface area (Å²) in [5.41, 5.74) is 0.545. The number of likely N-dealkylation sites (tertiary alicyclic amines) is 1. The number of hydrogen-bond donors (Lipinski definition) is 1. The van der Waals surface area contributed by atoms with Gasteiger partial charge < -0.3 is 5.32 Å². The van der Waals surface area contributed by atoms with Crippen LogP contribution in [-0.2, 0) is 16.1 Å². The highest BCUT2D eigenvalue weighted by atomic mass is 35.5. The highest BCUT2D eigenvalue weighted by molar-refractivity contribution is 6.31. The van der Waals surface area contributed by atoms with Crippen LogP contribution in [0, 0.1) is 0 Å². The van der Waals surface area contributed by atoms with Gasteiger partial charge in [0.2, 0.25) is 11.8 Å². The molecule has 0 radical (unpaired) electrons. The predicted molar refractivity (Wildman–Crippen MR) is 72.8 cm³/mol. The first-order chi connectivity index (χ1) is 9.11. The second kappa shape index (κ2) is 6.02. The fourth-order valence-electron chi connectivity index (χ4n) is 2.00. The normalized spacial score (nSPS) is 15.8. The molecular formula is C13H16ClN3O2. The molecule has 1 aromatic heterocycles. The molecular weight excluding hydrogens is 266 g/mol. The minimum Gasteiger partial charge on any atom is -0.370 e. The van der Waals surface area contributed by atoms with Crippen LogP contribution < -0.4 is 5.32 Å². The maximum Gasteiger partial charge on any atom is 0.229 e. The Labute approximate surface area is 117 Å². The monoisotopic (exact) mass is 281 g/mol. The van der Waals surface area contributed by atoms with Crippen molar-refractivity contribution in [3.05, 3.63) is 22.8 Å². The molecule has 1 N–H and O–H groups in total. The van der Waals surface area contributed by atoms with E-state index in [0.717, 1.165) is 6.54 Å². The number of hydrogen-bond acceptors (Lipinski definition) is 4. The zero-order valence-corrected chi connectivity index (χ0v) is 11.5. The van der Waals surface area contributed by atoms with E-state index in [1.54, 1.807) is 12.1 Å². The highest BCUT2D eigenvalue weighted by Crippen LogP contribution is 2.21. The molecule has 1 fully saturated rings. The van der Waals surface area contributed by atoms with E-state index in [4.69, 9.17) is 11.6 Å². The van der Waals surface area contributed by atoms with Crippen LogP contribution in [0.15, 0.2) is 12.1 Å². The van der Waals surface area contributed by atoms with Crippen LogP contribution in [0.25, 0.3) is 0 Å². The molecule has 1 aliphatic rings. The van der Waals surface area contributed by atoms with Gasteiger partial charge in [-0.25, -0.2) is 4.98 Å². The Bertz CT molecular complexity index is 489. The average molecular weight is 282 g/mol. The van der Waals surface area contributed by atoms with Crippen LogP contribution in [-0.4, -0.2) is 28.2 Å². The lowest BCUT2D eigenvalue weighted by Crippen LogP contribution is -2.39. The molecule has 0 saturated carbocycles. The van der Waals surface area contributed by atoms with Gasteiger partial charge in [-0.2, -0.15) is 0 Å². The molecule has 0 atom stereocenters. The van der Waals surface area contributed by atoms with E-state index < -0.39 is 0 Å². The molecule has 0 spiro atoms. The second-order valence-electron chi connectivity index (χ2n) is 4.38. The summed E-state index contributed by atoms with van der Waals surface area (Å²) in [6, 6.07) is 3.50. The van der Waals surface area contributed by atoms with Crippen LogP contribution in [0.2, 0.25) is 5.02 Å². The van der Waals surface area contributed by atoms with E-state index in [9.17, 15) is 9.59 Å². The standard InChI is InChI=1S/C13H16ClN3O2/c1-2-15-11-7-6-9(14)10(16-11)8-17-12(18)4-3-5-13(17)19/h6-7H,2-5,8H2,1H3,(H,15,16). The molecule has 0 bridgehead atoms. The van der Waals surface area contributed by atoms with E-state index in [1.807, 2.05) is 6.92 Å². The molecule has 1 aromatic rings. The van der Waals surface area contributed by atoms with Crippen LogP contribution >= 0.6 is 11.6 Å². The number of anilines is 1. The Hall–Kier alpha value is -1.62. The zero-order valence-electron chi connectivity index (χ0n) is 10.8. The van der Waals surface area contributed by atoms with Crippen molar-refractivity contribution in [2.24, 2.45) is 0 Å². The largest absolute Gasteiger partial charge is 0.370 e. The summed E-state index contributed by atoms with van der Waals surface area (Å²) in [5.74, 6) is 0.393. The minimum atomic E-state index is -0.150. The van der Waals surface area contributed by atoms with Crippen molar-refractivity contribution in [1.82, 2.24) is 9.88 Å². The molecule has 0 unspecified atom stereocenters. The quantitative estimate of drug-likeness (QED) is 0.860.